The second-order valence-corrected chi connectivity index (χ2v) is 21.7. The van der Waals surface area contributed by atoms with E-state index in [1.54, 1.807) is 0 Å². The minimum atomic E-state index is -4.39. The number of unbranched alkanes of at least 4 members (excludes halogenated alkanes) is 24. The molecule has 0 aromatic carbocycles. The van der Waals surface area contributed by atoms with Gasteiger partial charge >= 0.3 is 19.8 Å². The zero-order valence-corrected chi connectivity index (χ0v) is 50.0. The van der Waals surface area contributed by atoms with Crippen LogP contribution in [-0.2, 0) is 32.7 Å². The van der Waals surface area contributed by atoms with Crippen LogP contribution in [0, 0.1) is 0 Å². The highest BCUT2D eigenvalue weighted by atomic mass is 31.2. The summed E-state index contributed by atoms with van der Waals surface area (Å²) in [5.41, 5.74) is 5.38. The minimum Gasteiger partial charge on any atom is -0.462 e. The molecular formula is C67H114NO8P. The summed E-state index contributed by atoms with van der Waals surface area (Å²) in [6.07, 6.45) is 85.5. The smallest absolute Gasteiger partial charge is 0.462 e. The molecule has 77 heavy (non-hydrogen) atoms. The predicted molar refractivity (Wildman–Crippen MR) is 330 cm³/mol. The van der Waals surface area contributed by atoms with Crippen molar-refractivity contribution in [2.75, 3.05) is 26.4 Å². The number of esters is 2. The zero-order chi connectivity index (χ0) is 55.9. The molecule has 2 atom stereocenters. The number of carbonyl (C=O) groups is 2. The topological polar surface area (TPSA) is 134 Å². The van der Waals surface area contributed by atoms with Crippen molar-refractivity contribution < 1.29 is 37.6 Å². The fraction of sp³-hybridized carbons (Fsp3) is 0.672. The van der Waals surface area contributed by atoms with Gasteiger partial charge in [-0.2, -0.15) is 0 Å². The molecule has 0 aromatic rings. The van der Waals surface area contributed by atoms with Gasteiger partial charge in [0.2, 0.25) is 0 Å². The quantitative estimate of drug-likeness (QED) is 0.0264. The molecular weight excluding hydrogens is 978 g/mol. The van der Waals surface area contributed by atoms with Crippen molar-refractivity contribution in [3.05, 3.63) is 122 Å². The Labute approximate surface area is 472 Å². The highest BCUT2D eigenvalue weighted by molar-refractivity contribution is 7.47. The van der Waals surface area contributed by atoms with E-state index >= 15 is 0 Å². The largest absolute Gasteiger partial charge is 0.472 e. The van der Waals surface area contributed by atoms with Crippen molar-refractivity contribution in [3.8, 4) is 0 Å². The summed E-state index contributed by atoms with van der Waals surface area (Å²) in [4.78, 5) is 35.2. The predicted octanol–water partition coefficient (Wildman–Crippen LogP) is 20.0. The molecule has 0 aliphatic rings. The molecule has 0 bridgehead atoms. The minimum absolute atomic E-state index is 0.0493. The Balaban J connectivity index is 3.94. The summed E-state index contributed by atoms with van der Waals surface area (Å²) in [5.74, 6) is -0.831. The number of hydrogen-bond acceptors (Lipinski definition) is 8. The second kappa shape index (κ2) is 61.6. The van der Waals surface area contributed by atoms with Gasteiger partial charge in [0.1, 0.15) is 6.61 Å². The molecule has 10 heteroatoms. The third-order valence-electron chi connectivity index (χ3n) is 12.9. The molecule has 0 heterocycles. The molecule has 2 unspecified atom stereocenters. The molecule has 0 amide bonds. The molecule has 0 aliphatic heterocycles. The molecule has 9 nitrogen and oxygen atoms in total. The Morgan fingerprint density at radius 2 is 0.714 bits per heavy atom. The lowest BCUT2D eigenvalue weighted by Crippen LogP contribution is -2.29. The monoisotopic (exact) mass is 1090 g/mol. The van der Waals surface area contributed by atoms with Crippen molar-refractivity contribution in [1.29, 1.82) is 0 Å². The highest BCUT2D eigenvalue weighted by Gasteiger charge is 2.26. The maximum atomic E-state index is 12.7. The van der Waals surface area contributed by atoms with E-state index in [1.165, 1.54) is 116 Å². The number of allylic oxidation sites excluding steroid dienone is 20. The zero-order valence-electron chi connectivity index (χ0n) is 49.2. The van der Waals surface area contributed by atoms with E-state index in [2.05, 4.69) is 135 Å². The fourth-order valence-corrected chi connectivity index (χ4v) is 9.08. The average molecular weight is 1090 g/mol. The molecule has 3 N–H and O–H groups in total. The van der Waals surface area contributed by atoms with Gasteiger partial charge in [-0.05, 0) is 89.9 Å². The van der Waals surface area contributed by atoms with Crippen LogP contribution in [0.3, 0.4) is 0 Å². The maximum Gasteiger partial charge on any atom is 0.472 e. The van der Waals surface area contributed by atoms with E-state index < -0.39 is 26.5 Å². The summed E-state index contributed by atoms with van der Waals surface area (Å²) in [5, 5.41) is 0. The van der Waals surface area contributed by atoms with Crippen LogP contribution in [0.5, 0.6) is 0 Å². The summed E-state index contributed by atoms with van der Waals surface area (Å²) in [6.45, 7) is 3.63. The third kappa shape index (κ3) is 61.5. The van der Waals surface area contributed by atoms with Crippen LogP contribution < -0.4 is 5.73 Å². The van der Waals surface area contributed by atoms with Gasteiger partial charge < -0.3 is 20.1 Å². The molecule has 0 radical (unpaired) electrons. The van der Waals surface area contributed by atoms with Crippen LogP contribution in [-0.4, -0.2) is 49.3 Å². The molecule has 0 saturated carbocycles. The van der Waals surface area contributed by atoms with E-state index in [0.717, 1.165) is 109 Å². The number of nitrogens with two attached hydrogens (primary N) is 1. The molecule has 0 spiro atoms. The van der Waals surface area contributed by atoms with Crippen LogP contribution in [0.15, 0.2) is 122 Å². The van der Waals surface area contributed by atoms with Gasteiger partial charge in [-0.15, -0.1) is 0 Å². The van der Waals surface area contributed by atoms with Crippen LogP contribution in [0.2, 0.25) is 0 Å². The van der Waals surface area contributed by atoms with E-state index in [4.69, 9.17) is 24.3 Å². The first-order chi connectivity index (χ1) is 37.8. The van der Waals surface area contributed by atoms with Gasteiger partial charge in [-0.25, -0.2) is 4.57 Å². The molecule has 440 valence electrons. The van der Waals surface area contributed by atoms with E-state index in [0.29, 0.717) is 6.42 Å². The summed E-state index contributed by atoms with van der Waals surface area (Å²) < 4.78 is 33.0. The highest BCUT2D eigenvalue weighted by Crippen LogP contribution is 2.43. The molecule has 0 saturated heterocycles. The van der Waals surface area contributed by atoms with E-state index in [-0.39, 0.29) is 38.6 Å². The summed E-state index contributed by atoms with van der Waals surface area (Å²) >= 11 is 0. The van der Waals surface area contributed by atoms with Crippen molar-refractivity contribution in [2.24, 2.45) is 5.73 Å². The number of rotatable bonds is 57. The van der Waals surface area contributed by atoms with E-state index in [1.807, 2.05) is 0 Å². The van der Waals surface area contributed by atoms with Gasteiger partial charge in [-0.1, -0.05) is 277 Å². The molecule has 0 aromatic heterocycles. The molecule has 0 fully saturated rings. The SMILES string of the molecule is CC/C=C\C/C=C\C/C=C\C/C=C\C/C=C\C/C=C\C/C=C\C/C=C\C/C=C\C/C=C\CCCCCCCCCCCCC(=O)OC(COC(=O)CCCCCCCCCCCCCCCCC)COP(=O)(O)OCCN. The van der Waals surface area contributed by atoms with Crippen LogP contribution in [0.4, 0.5) is 0 Å². The van der Waals surface area contributed by atoms with E-state index in [9.17, 15) is 19.0 Å². The Bertz CT molecular complexity index is 1670. The first-order valence-corrected chi connectivity index (χ1v) is 32.5. The van der Waals surface area contributed by atoms with Gasteiger partial charge in [0.05, 0.1) is 13.2 Å². The van der Waals surface area contributed by atoms with Crippen molar-refractivity contribution in [1.82, 2.24) is 0 Å². The summed E-state index contributed by atoms with van der Waals surface area (Å²) in [7, 11) is -4.39. The second-order valence-electron chi connectivity index (χ2n) is 20.2. The van der Waals surface area contributed by atoms with Crippen LogP contribution >= 0.6 is 7.82 Å². The Morgan fingerprint density at radius 1 is 0.403 bits per heavy atom. The van der Waals surface area contributed by atoms with Gasteiger partial charge in [0.15, 0.2) is 6.10 Å². The van der Waals surface area contributed by atoms with Crippen molar-refractivity contribution in [3.63, 3.8) is 0 Å². The summed E-state index contributed by atoms with van der Waals surface area (Å²) in [6, 6.07) is 0. The van der Waals surface area contributed by atoms with Crippen molar-refractivity contribution >= 4 is 19.8 Å². The number of ether oxygens (including phenoxy) is 2. The maximum absolute atomic E-state index is 12.7. The number of phosphoric acid groups is 1. The number of hydrogen-bond donors (Lipinski definition) is 2. The molecule has 0 aliphatic carbocycles. The first kappa shape index (κ1) is 73.4. The van der Waals surface area contributed by atoms with Crippen molar-refractivity contribution in [2.45, 2.75) is 264 Å². The van der Waals surface area contributed by atoms with Crippen LogP contribution in [0.1, 0.15) is 258 Å². The lowest BCUT2D eigenvalue weighted by Gasteiger charge is -2.19. The Hall–Kier alpha value is -3.59. The number of carbonyl (C=O) groups excluding carboxylic acids is 2. The first-order valence-electron chi connectivity index (χ1n) is 31.0. The van der Waals surface area contributed by atoms with Gasteiger partial charge in [-0.3, -0.25) is 18.6 Å². The third-order valence-corrected chi connectivity index (χ3v) is 13.8. The van der Waals surface area contributed by atoms with Gasteiger partial charge in [0.25, 0.3) is 0 Å². The normalized spacial score (nSPS) is 13.9. The molecule has 0 rings (SSSR count). The average Bonchev–Trinajstić information content (AvgIpc) is 3.42. The Kier molecular flexibility index (Phi) is 58.7. The van der Waals surface area contributed by atoms with Gasteiger partial charge in [0, 0.05) is 19.4 Å². The van der Waals surface area contributed by atoms with Crippen LogP contribution in [0.25, 0.3) is 0 Å². The Morgan fingerprint density at radius 3 is 1.06 bits per heavy atom. The number of phosphoric ester groups is 1. The standard InChI is InChI=1S/C67H114NO8P/c1-3-5-7-9-11-13-15-17-19-20-21-22-23-24-25-26-27-28-29-30-31-32-33-34-35-36-37-38-39-40-41-42-43-44-46-48-50-52-54-56-58-60-67(70)76-65(64-75-77(71,72)74-62-61-68)63-73-66(69)59-57-55-53-51-49-47-45-18-16-14-12-10-8-6-4-2/h5,7,11,13,17,19,21-22,24-25,27-28,30-31,33-34,36-37,39-40,65H,3-4,6,8-10,12,14-16,18,20,23,26,29,32,35,38,41-64,68H2,1-2H3,(H,71,72)/b7-5-,13-11-,19-17-,22-21-,25-24-,28-27-,31-30-,34-33-,37-36-,40-39-. The fourth-order valence-electron chi connectivity index (χ4n) is 8.31. The lowest BCUT2D eigenvalue weighted by molar-refractivity contribution is -0.161. The lowest BCUT2D eigenvalue weighted by atomic mass is 10.0.